The second-order valence-corrected chi connectivity index (χ2v) is 4.83. The lowest BCUT2D eigenvalue weighted by Gasteiger charge is -1.99. The normalized spacial score (nSPS) is 10.7. The van der Waals surface area contributed by atoms with Gasteiger partial charge in [0.15, 0.2) is 0 Å². The summed E-state index contributed by atoms with van der Waals surface area (Å²) in [5.74, 6) is 0. The lowest BCUT2D eigenvalue weighted by Crippen LogP contribution is -1.94. The molecule has 90 valence electrons. The number of fused-ring (bicyclic) bond motifs is 1. The maximum absolute atomic E-state index is 4.35. The quantitative estimate of drug-likeness (QED) is 0.782. The number of pyridine rings is 1. The maximum atomic E-state index is 4.35. The molecule has 0 atom stereocenters. The van der Waals surface area contributed by atoms with Gasteiger partial charge in [-0.3, -0.25) is 4.98 Å². The van der Waals surface area contributed by atoms with Crippen LogP contribution >= 0.6 is 11.3 Å². The summed E-state index contributed by atoms with van der Waals surface area (Å²) in [6.07, 6.45) is 1.80. The van der Waals surface area contributed by atoms with E-state index < -0.39 is 0 Å². The van der Waals surface area contributed by atoms with Gasteiger partial charge in [-0.25, -0.2) is 0 Å². The first-order valence-corrected chi connectivity index (χ1v) is 6.61. The Morgan fingerprint density at radius 2 is 2.17 bits per heavy atom. The Balaban J connectivity index is 2.02. The van der Waals surface area contributed by atoms with Crippen molar-refractivity contribution in [1.82, 2.24) is 15.2 Å². The summed E-state index contributed by atoms with van der Waals surface area (Å²) >= 11 is 1.56. The molecule has 0 unspecified atom stereocenters. The number of nitrogens with zero attached hydrogens (tertiary/aromatic N) is 3. The molecule has 0 aliphatic rings. The number of nitrogens with one attached hydrogen (secondary N) is 1. The molecule has 1 aromatic carbocycles. The molecule has 2 heterocycles. The Morgan fingerprint density at radius 1 is 1.22 bits per heavy atom. The molecule has 1 N–H and O–H groups in total. The number of benzene rings is 1. The zero-order chi connectivity index (χ0) is 12.4. The number of rotatable bonds is 3. The third-order valence-corrected chi connectivity index (χ3v) is 3.54. The molecule has 3 aromatic rings. The van der Waals surface area contributed by atoms with E-state index in [4.69, 9.17) is 0 Å². The van der Waals surface area contributed by atoms with Crippen molar-refractivity contribution in [3.8, 4) is 10.6 Å². The zero-order valence-corrected chi connectivity index (χ0v) is 10.7. The summed E-state index contributed by atoms with van der Waals surface area (Å²) in [4.78, 5) is 4.35. The van der Waals surface area contributed by atoms with E-state index in [0.717, 1.165) is 33.2 Å². The first-order valence-electron chi connectivity index (χ1n) is 5.79. The Morgan fingerprint density at radius 3 is 3.06 bits per heavy atom. The van der Waals surface area contributed by atoms with E-state index >= 15 is 0 Å². The van der Waals surface area contributed by atoms with Crippen molar-refractivity contribution in [1.29, 1.82) is 0 Å². The lowest BCUT2D eigenvalue weighted by atomic mass is 10.1. The summed E-state index contributed by atoms with van der Waals surface area (Å²) in [6, 6.07) is 10.2. The minimum absolute atomic E-state index is 0.855. The fourth-order valence-corrected chi connectivity index (χ4v) is 2.57. The highest BCUT2D eigenvalue weighted by Crippen LogP contribution is 2.28. The predicted octanol–water partition coefficient (Wildman–Crippen LogP) is 3.19. The molecule has 18 heavy (non-hydrogen) atoms. The first-order chi connectivity index (χ1) is 8.86. The van der Waals surface area contributed by atoms with E-state index in [1.165, 1.54) is 0 Å². The van der Waals surface area contributed by atoms with Gasteiger partial charge in [0.1, 0.15) is 5.01 Å². The molecule has 0 fully saturated rings. The first kappa shape index (κ1) is 11.1. The Kier molecular flexibility index (Phi) is 2.90. The number of aromatic nitrogens is 3. The molecule has 3 rings (SSSR count). The summed E-state index contributed by atoms with van der Waals surface area (Å²) < 4.78 is 0. The van der Waals surface area contributed by atoms with Crippen LogP contribution in [0.25, 0.3) is 21.5 Å². The fraction of sp³-hybridized carbons (Fsp3) is 0.154. The average Bonchev–Trinajstić information content (AvgIpc) is 2.87. The number of hydrogen-bond acceptors (Lipinski definition) is 5. The third kappa shape index (κ3) is 2.04. The van der Waals surface area contributed by atoms with E-state index in [9.17, 15) is 0 Å². The van der Waals surface area contributed by atoms with Gasteiger partial charge in [0, 0.05) is 23.7 Å². The van der Waals surface area contributed by atoms with Gasteiger partial charge in [-0.15, -0.1) is 10.2 Å². The van der Waals surface area contributed by atoms with E-state index in [2.05, 4.69) is 38.7 Å². The van der Waals surface area contributed by atoms with Crippen molar-refractivity contribution in [3.63, 3.8) is 0 Å². The van der Waals surface area contributed by atoms with E-state index in [1.54, 1.807) is 17.5 Å². The van der Waals surface area contributed by atoms with Crippen LogP contribution in [0.4, 0.5) is 5.13 Å². The number of anilines is 1. The molecule has 2 aromatic heterocycles. The molecular formula is C13H12N4S. The van der Waals surface area contributed by atoms with Crippen molar-refractivity contribution in [2.45, 2.75) is 6.92 Å². The highest BCUT2D eigenvalue weighted by Gasteiger charge is 2.06. The van der Waals surface area contributed by atoms with Gasteiger partial charge in [-0.1, -0.05) is 29.5 Å². The summed E-state index contributed by atoms with van der Waals surface area (Å²) in [5, 5.41) is 14.4. The van der Waals surface area contributed by atoms with Gasteiger partial charge in [-0.05, 0) is 19.1 Å². The van der Waals surface area contributed by atoms with Gasteiger partial charge < -0.3 is 5.32 Å². The van der Waals surface area contributed by atoms with E-state index in [-0.39, 0.29) is 0 Å². The molecular weight excluding hydrogens is 244 g/mol. The van der Waals surface area contributed by atoms with Crippen LogP contribution < -0.4 is 5.32 Å². The van der Waals surface area contributed by atoms with Crippen molar-refractivity contribution in [2.75, 3.05) is 11.9 Å². The molecule has 0 radical (unpaired) electrons. The summed E-state index contributed by atoms with van der Waals surface area (Å²) in [7, 11) is 0. The second kappa shape index (κ2) is 4.70. The lowest BCUT2D eigenvalue weighted by molar-refractivity contribution is 1.07. The summed E-state index contributed by atoms with van der Waals surface area (Å²) in [5.41, 5.74) is 2.04. The summed E-state index contributed by atoms with van der Waals surface area (Å²) in [6.45, 7) is 2.90. The van der Waals surface area contributed by atoms with Crippen molar-refractivity contribution >= 4 is 27.4 Å². The Labute approximate surface area is 109 Å². The van der Waals surface area contributed by atoms with Gasteiger partial charge >= 0.3 is 0 Å². The SMILES string of the molecule is CCNc1nnc(-c2ccc3cccnc3c2)s1. The highest BCUT2D eigenvalue weighted by atomic mass is 32.1. The molecule has 0 bridgehead atoms. The maximum Gasteiger partial charge on any atom is 0.205 e. The zero-order valence-electron chi connectivity index (χ0n) is 9.92. The van der Waals surface area contributed by atoms with Gasteiger partial charge in [0.25, 0.3) is 0 Å². The topological polar surface area (TPSA) is 50.7 Å². The van der Waals surface area contributed by atoms with Crippen LogP contribution in [0, 0.1) is 0 Å². The van der Waals surface area contributed by atoms with Crippen molar-refractivity contribution in [3.05, 3.63) is 36.5 Å². The fourth-order valence-electron chi connectivity index (χ4n) is 1.76. The third-order valence-electron chi connectivity index (χ3n) is 2.61. The van der Waals surface area contributed by atoms with E-state index in [0.29, 0.717) is 0 Å². The molecule has 5 heteroatoms. The molecule has 0 aliphatic heterocycles. The Hall–Kier alpha value is -2.01. The van der Waals surface area contributed by atoms with Crippen LogP contribution in [0.15, 0.2) is 36.5 Å². The molecule has 0 saturated carbocycles. The average molecular weight is 256 g/mol. The van der Waals surface area contributed by atoms with E-state index in [1.807, 2.05) is 19.1 Å². The van der Waals surface area contributed by atoms with Crippen LogP contribution in [0.3, 0.4) is 0 Å². The molecule has 0 amide bonds. The van der Waals surface area contributed by atoms with Gasteiger partial charge in [0.05, 0.1) is 5.52 Å². The second-order valence-electron chi connectivity index (χ2n) is 3.85. The van der Waals surface area contributed by atoms with Crippen LogP contribution in [-0.4, -0.2) is 21.7 Å². The molecule has 4 nitrogen and oxygen atoms in total. The predicted molar refractivity (Wildman–Crippen MR) is 74.8 cm³/mol. The monoisotopic (exact) mass is 256 g/mol. The molecule has 0 spiro atoms. The minimum Gasteiger partial charge on any atom is -0.360 e. The van der Waals surface area contributed by atoms with Crippen LogP contribution in [0.5, 0.6) is 0 Å². The highest BCUT2D eigenvalue weighted by molar-refractivity contribution is 7.18. The van der Waals surface area contributed by atoms with Crippen LogP contribution in [-0.2, 0) is 0 Å². The molecule has 0 aliphatic carbocycles. The van der Waals surface area contributed by atoms with Crippen LogP contribution in [0.2, 0.25) is 0 Å². The van der Waals surface area contributed by atoms with Gasteiger partial charge in [-0.2, -0.15) is 0 Å². The van der Waals surface area contributed by atoms with Crippen molar-refractivity contribution in [2.24, 2.45) is 0 Å². The van der Waals surface area contributed by atoms with Crippen LogP contribution in [0.1, 0.15) is 6.92 Å². The van der Waals surface area contributed by atoms with Crippen molar-refractivity contribution < 1.29 is 0 Å². The largest absolute Gasteiger partial charge is 0.360 e. The standard InChI is InChI=1S/C13H12N4S/c1-2-14-13-17-16-12(18-13)10-6-5-9-4-3-7-15-11(9)8-10/h3-8H,2H2,1H3,(H,14,17). The minimum atomic E-state index is 0.855. The van der Waals surface area contributed by atoms with Gasteiger partial charge in [0.2, 0.25) is 5.13 Å². The molecule has 0 saturated heterocycles. The smallest absolute Gasteiger partial charge is 0.205 e. The Bertz CT molecular complexity index is 677. The number of hydrogen-bond donors (Lipinski definition) is 1.